The van der Waals surface area contributed by atoms with E-state index in [1.165, 1.54) is 6.20 Å². The Kier molecular flexibility index (Phi) is 4.58. The quantitative estimate of drug-likeness (QED) is 0.858. The van der Waals surface area contributed by atoms with Gasteiger partial charge in [0.25, 0.3) is 0 Å². The van der Waals surface area contributed by atoms with Crippen LogP contribution in [0.15, 0.2) is 36.5 Å². The van der Waals surface area contributed by atoms with Crippen molar-refractivity contribution in [2.24, 2.45) is 0 Å². The first kappa shape index (κ1) is 14.3. The van der Waals surface area contributed by atoms with Gasteiger partial charge in [-0.2, -0.15) is 0 Å². The zero-order chi connectivity index (χ0) is 14.5. The summed E-state index contributed by atoms with van der Waals surface area (Å²) in [5.74, 6) is 0.355. The van der Waals surface area contributed by atoms with E-state index in [9.17, 15) is 4.79 Å². The van der Waals surface area contributed by atoms with Crippen molar-refractivity contribution in [1.29, 1.82) is 0 Å². The van der Waals surface area contributed by atoms with Gasteiger partial charge in [-0.15, -0.1) is 0 Å². The van der Waals surface area contributed by atoms with E-state index in [4.69, 9.17) is 16.3 Å². The number of anilines is 1. The fourth-order valence-corrected chi connectivity index (χ4v) is 2.03. The van der Waals surface area contributed by atoms with Crippen molar-refractivity contribution in [3.63, 3.8) is 0 Å². The average molecular weight is 291 g/mol. The average Bonchev–Trinajstić information content (AvgIpc) is 2.47. The molecule has 104 valence electrons. The molecule has 0 saturated heterocycles. The van der Waals surface area contributed by atoms with E-state index in [1.807, 2.05) is 13.0 Å². The maximum absolute atomic E-state index is 12.6. The Labute approximate surface area is 122 Å². The van der Waals surface area contributed by atoms with Crippen molar-refractivity contribution in [2.45, 2.75) is 6.92 Å². The second kappa shape index (κ2) is 6.39. The van der Waals surface area contributed by atoms with Crippen molar-refractivity contribution < 1.29 is 9.53 Å². The van der Waals surface area contributed by atoms with Gasteiger partial charge >= 0.3 is 0 Å². The Morgan fingerprint density at radius 1 is 1.40 bits per heavy atom. The molecule has 4 nitrogen and oxygen atoms in total. The first-order valence-corrected chi connectivity index (χ1v) is 6.65. The SMILES string of the molecule is CCOc1ccccc1C(=O)c1ncc(Cl)cc1NC. The standard InChI is InChI=1S/C15H15ClN2O2/c1-3-20-13-7-5-4-6-11(13)15(19)14-12(17-2)8-10(16)9-18-14/h4-9,17H,3H2,1-2H3. The highest BCUT2D eigenvalue weighted by Gasteiger charge is 2.18. The number of rotatable bonds is 5. The highest BCUT2D eigenvalue weighted by molar-refractivity contribution is 6.31. The number of pyridine rings is 1. The number of nitrogens with one attached hydrogen (secondary N) is 1. The van der Waals surface area contributed by atoms with Crippen LogP contribution in [0.3, 0.4) is 0 Å². The zero-order valence-corrected chi connectivity index (χ0v) is 12.1. The third kappa shape index (κ3) is 2.91. The van der Waals surface area contributed by atoms with Crippen molar-refractivity contribution in [3.05, 3.63) is 52.8 Å². The monoisotopic (exact) mass is 290 g/mol. The van der Waals surface area contributed by atoms with Gasteiger partial charge in [0, 0.05) is 13.2 Å². The van der Waals surface area contributed by atoms with E-state index in [1.54, 1.807) is 31.3 Å². The fourth-order valence-electron chi connectivity index (χ4n) is 1.87. The van der Waals surface area contributed by atoms with Gasteiger partial charge < -0.3 is 10.1 Å². The predicted molar refractivity (Wildman–Crippen MR) is 79.8 cm³/mol. The number of aromatic nitrogens is 1. The Hall–Kier alpha value is -2.07. The molecule has 5 heteroatoms. The normalized spacial score (nSPS) is 10.2. The summed E-state index contributed by atoms with van der Waals surface area (Å²) in [6, 6.07) is 8.79. The van der Waals surface area contributed by atoms with Crippen LogP contribution in [0.1, 0.15) is 23.0 Å². The van der Waals surface area contributed by atoms with Crippen molar-refractivity contribution in [3.8, 4) is 5.75 Å². The summed E-state index contributed by atoms with van der Waals surface area (Å²) in [5, 5.41) is 3.41. The summed E-state index contributed by atoms with van der Waals surface area (Å²) in [6.07, 6.45) is 1.46. The summed E-state index contributed by atoms with van der Waals surface area (Å²) in [6.45, 7) is 2.37. The minimum absolute atomic E-state index is 0.199. The maximum Gasteiger partial charge on any atom is 0.217 e. The molecule has 0 atom stereocenters. The molecule has 1 aromatic carbocycles. The highest BCUT2D eigenvalue weighted by atomic mass is 35.5. The lowest BCUT2D eigenvalue weighted by Gasteiger charge is -2.11. The van der Waals surface area contributed by atoms with E-state index in [0.29, 0.717) is 34.3 Å². The number of carbonyl (C=O) groups excluding carboxylic acids is 1. The van der Waals surface area contributed by atoms with Gasteiger partial charge in [0.1, 0.15) is 11.4 Å². The van der Waals surface area contributed by atoms with Gasteiger partial charge in [0.2, 0.25) is 5.78 Å². The Morgan fingerprint density at radius 3 is 2.85 bits per heavy atom. The lowest BCUT2D eigenvalue weighted by Crippen LogP contribution is -2.10. The van der Waals surface area contributed by atoms with Gasteiger partial charge in [-0.05, 0) is 25.1 Å². The van der Waals surface area contributed by atoms with Crippen LogP contribution in [0.5, 0.6) is 5.75 Å². The molecule has 0 amide bonds. The Morgan fingerprint density at radius 2 is 2.15 bits per heavy atom. The number of para-hydroxylation sites is 1. The van der Waals surface area contributed by atoms with E-state index in [2.05, 4.69) is 10.3 Å². The van der Waals surface area contributed by atoms with Gasteiger partial charge in [-0.1, -0.05) is 23.7 Å². The van der Waals surface area contributed by atoms with Crippen molar-refractivity contribution >= 4 is 23.1 Å². The van der Waals surface area contributed by atoms with Gasteiger partial charge in [-0.3, -0.25) is 4.79 Å². The molecule has 20 heavy (non-hydrogen) atoms. The molecule has 1 N–H and O–H groups in total. The number of hydrogen-bond acceptors (Lipinski definition) is 4. The molecule has 2 rings (SSSR count). The largest absolute Gasteiger partial charge is 0.493 e. The number of ketones is 1. The first-order valence-electron chi connectivity index (χ1n) is 6.27. The molecule has 0 unspecified atom stereocenters. The molecule has 0 bridgehead atoms. The third-order valence-electron chi connectivity index (χ3n) is 2.77. The van der Waals surface area contributed by atoms with Crippen LogP contribution in [0.25, 0.3) is 0 Å². The molecule has 0 saturated carbocycles. The Bertz CT molecular complexity index is 629. The predicted octanol–water partition coefficient (Wildman–Crippen LogP) is 3.41. The van der Waals surface area contributed by atoms with Crippen LogP contribution in [-0.4, -0.2) is 24.4 Å². The summed E-state index contributed by atoms with van der Waals surface area (Å²) < 4.78 is 5.48. The molecule has 0 aliphatic heterocycles. The molecule has 0 aliphatic rings. The molecule has 1 heterocycles. The van der Waals surface area contributed by atoms with Crippen LogP contribution in [0.2, 0.25) is 5.02 Å². The van der Waals surface area contributed by atoms with Crippen LogP contribution in [0.4, 0.5) is 5.69 Å². The van der Waals surface area contributed by atoms with Crippen LogP contribution in [0, 0.1) is 0 Å². The van der Waals surface area contributed by atoms with Gasteiger partial charge in [0.05, 0.1) is 22.9 Å². The molecule has 2 aromatic rings. The van der Waals surface area contributed by atoms with E-state index >= 15 is 0 Å². The second-order valence-electron chi connectivity index (χ2n) is 4.06. The summed E-state index contributed by atoms with van der Waals surface area (Å²) >= 11 is 5.89. The molecule has 0 spiro atoms. The molecule has 0 fully saturated rings. The van der Waals surface area contributed by atoms with Crippen molar-refractivity contribution in [2.75, 3.05) is 19.0 Å². The number of benzene rings is 1. The van der Waals surface area contributed by atoms with Crippen LogP contribution < -0.4 is 10.1 Å². The highest BCUT2D eigenvalue weighted by Crippen LogP contribution is 2.25. The number of halogens is 1. The van der Waals surface area contributed by atoms with Crippen LogP contribution >= 0.6 is 11.6 Å². The zero-order valence-electron chi connectivity index (χ0n) is 11.3. The summed E-state index contributed by atoms with van der Waals surface area (Å²) in [4.78, 5) is 16.7. The lowest BCUT2D eigenvalue weighted by molar-refractivity contribution is 0.103. The topological polar surface area (TPSA) is 51.2 Å². The molecule has 1 aromatic heterocycles. The van der Waals surface area contributed by atoms with E-state index in [-0.39, 0.29) is 5.78 Å². The molecule has 0 radical (unpaired) electrons. The number of carbonyl (C=O) groups is 1. The first-order chi connectivity index (χ1) is 9.67. The van der Waals surface area contributed by atoms with Gasteiger partial charge in [0.15, 0.2) is 0 Å². The number of nitrogens with zero attached hydrogens (tertiary/aromatic N) is 1. The molecular weight excluding hydrogens is 276 g/mol. The van der Waals surface area contributed by atoms with E-state index < -0.39 is 0 Å². The maximum atomic E-state index is 12.6. The number of ether oxygens (including phenoxy) is 1. The smallest absolute Gasteiger partial charge is 0.217 e. The minimum Gasteiger partial charge on any atom is -0.493 e. The van der Waals surface area contributed by atoms with Crippen LogP contribution in [-0.2, 0) is 0 Å². The minimum atomic E-state index is -0.199. The van der Waals surface area contributed by atoms with Crippen molar-refractivity contribution in [1.82, 2.24) is 4.98 Å². The summed E-state index contributed by atoms with van der Waals surface area (Å²) in [7, 11) is 1.72. The fraction of sp³-hybridized carbons (Fsp3) is 0.200. The second-order valence-corrected chi connectivity index (χ2v) is 4.49. The third-order valence-corrected chi connectivity index (χ3v) is 2.98. The van der Waals surface area contributed by atoms with Gasteiger partial charge in [-0.25, -0.2) is 4.98 Å². The lowest BCUT2D eigenvalue weighted by atomic mass is 10.1. The number of hydrogen-bond donors (Lipinski definition) is 1. The van der Waals surface area contributed by atoms with E-state index in [0.717, 1.165) is 0 Å². The molecular formula is C15H15ClN2O2. The Balaban J connectivity index is 2.46. The summed E-state index contributed by atoms with van der Waals surface area (Å²) in [5.41, 5.74) is 1.40. The molecule has 0 aliphatic carbocycles.